The molecule has 0 aliphatic heterocycles. The van der Waals surface area contributed by atoms with Crippen LogP contribution in [0.4, 0.5) is 5.69 Å². The fraction of sp³-hybridized carbons (Fsp3) is 0.292. The number of rotatable bonds is 7. The molecule has 1 aliphatic carbocycles. The molecule has 162 valence electrons. The van der Waals surface area contributed by atoms with Crippen molar-refractivity contribution in [3.63, 3.8) is 0 Å². The Bertz CT molecular complexity index is 1060. The van der Waals surface area contributed by atoms with Crippen LogP contribution in [0.5, 0.6) is 11.5 Å². The van der Waals surface area contributed by atoms with Gasteiger partial charge in [-0.15, -0.1) is 0 Å². The summed E-state index contributed by atoms with van der Waals surface area (Å²) in [5.74, 6) is 1.15. The first-order valence-corrected chi connectivity index (χ1v) is 10.9. The lowest BCUT2D eigenvalue weighted by molar-refractivity contribution is -0.385. The number of methoxy groups -OCH3 is 1. The first-order chi connectivity index (χ1) is 14.9. The maximum absolute atomic E-state index is 13.1. The van der Waals surface area contributed by atoms with Crippen molar-refractivity contribution in [2.24, 2.45) is 0 Å². The molecule has 0 amide bonds. The number of Topliss-reactive ketones (excluding diaryl/α,β-unsaturated/α-hetero) is 1. The topological polar surface area (TPSA) is 78.7 Å². The average molecular weight is 486 g/mol. The van der Waals surface area contributed by atoms with Crippen LogP contribution in [0.3, 0.4) is 0 Å². The molecule has 1 saturated carbocycles. The Kier molecular flexibility index (Phi) is 7.63. The predicted octanol–water partition coefficient (Wildman–Crippen LogP) is 6.37. The van der Waals surface area contributed by atoms with Crippen LogP contribution >= 0.6 is 15.9 Å². The summed E-state index contributed by atoms with van der Waals surface area (Å²) in [6.45, 7) is 2.61. The van der Waals surface area contributed by atoms with Gasteiger partial charge < -0.3 is 9.47 Å². The van der Waals surface area contributed by atoms with E-state index in [0.29, 0.717) is 47.7 Å². The molecular weight excluding hydrogens is 462 g/mol. The molecule has 0 radical (unpaired) electrons. The minimum absolute atomic E-state index is 0.00441. The summed E-state index contributed by atoms with van der Waals surface area (Å²) >= 11 is 3.53. The Morgan fingerprint density at radius 3 is 2.55 bits per heavy atom. The number of ketones is 1. The zero-order valence-corrected chi connectivity index (χ0v) is 19.1. The Balaban J connectivity index is 1.93. The van der Waals surface area contributed by atoms with Crippen LogP contribution in [-0.2, 0) is 4.79 Å². The predicted molar refractivity (Wildman–Crippen MR) is 124 cm³/mol. The van der Waals surface area contributed by atoms with Crippen LogP contribution in [0, 0.1) is 10.1 Å². The Morgan fingerprint density at radius 2 is 1.87 bits per heavy atom. The Hall–Kier alpha value is -2.93. The maximum atomic E-state index is 13.1. The van der Waals surface area contributed by atoms with E-state index in [-0.39, 0.29) is 11.5 Å². The Labute approximate surface area is 189 Å². The van der Waals surface area contributed by atoms with Crippen LogP contribution in [0.2, 0.25) is 0 Å². The van der Waals surface area contributed by atoms with Crippen molar-refractivity contribution in [2.75, 3.05) is 13.7 Å². The first-order valence-electron chi connectivity index (χ1n) is 10.1. The molecule has 0 bridgehead atoms. The smallest absolute Gasteiger partial charge is 0.276 e. The van der Waals surface area contributed by atoms with E-state index in [4.69, 9.17) is 9.47 Å². The van der Waals surface area contributed by atoms with Gasteiger partial charge in [0.2, 0.25) is 0 Å². The van der Waals surface area contributed by atoms with Crippen molar-refractivity contribution in [2.45, 2.75) is 32.6 Å². The lowest BCUT2D eigenvalue weighted by Gasteiger charge is -2.17. The second-order valence-electron chi connectivity index (χ2n) is 7.22. The van der Waals surface area contributed by atoms with E-state index in [0.717, 1.165) is 22.9 Å². The summed E-state index contributed by atoms with van der Waals surface area (Å²) in [5, 5.41) is 11.3. The fourth-order valence-corrected chi connectivity index (χ4v) is 4.08. The van der Waals surface area contributed by atoms with Crippen molar-refractivity contribution in [3.8, 4) is 11.5 Å². The summed E-state index contributed by atoms with van der Waals surface area (Å²) in [6.07, 6.45) is 6.43. The second-order valence-corrected chi connectivity index (χ2v) is 8.07. The molecule has 0 N–H and O–H groups in total. The number of allylic oxidation sites excluding steroid dienone is 2. The second kappa shape index (κ2) is 10.4. The van der Waals surface area contributed by atoms with Crippen LogP contribution in [-0.4, -0.2) is 24.4 Å². The van der Waals surface area contributed by atoms with Crippen LogP contribution < -0.4 is 9.47 Å². The standard InChI is InChI=1S/C24H24BrNO5/c1-3-11-31-24-20(25)13-16(14-22(24)30-2)12-18-8-6-9-19(23(18)27)15-17-7-4-5-10-21(17)26(28)29/h4-5,7,10,12-15H,3,6,8-9,11H2,1-2H3/b18-12+,19-15+. The molecule has 31 heavy (non-hydrogen) atoms. The third kappa shape index (κ3) is 5.41. The van der Waals surface area contributed by atoms with Gasteiger partial charge in [0.1, 0.15) is 0 Å². The summed E-state index contributed by atoms with van der Waals surface area (Å²) in [7, 11) is 1.58. The highest BCUT2D eigenvalue weighted by molar-refractivity contribution is 9.10. The fourth-order valence-electron chi connectivity index (χ4n) is 3.51. The molecular formula is C24H24BrNO5. The van der Waals surface area contributed by atoms with Crippen molar-refractivity contribution >= 4 is 39.6 Å². The molecule has 0 spiro atoms. The highest BCUT2D eigenvalue weighted by atomic mass is 79.9. The zero-order chi connectivity index (χ0) is 22.4. The number of halogens is 1. The van der Waals surface area contributed by atoms with E-state index in [9.17, 15) is 14.9 Å². The van der Waals surface area contributed by atoms with Gasteiger partial charge in [0, 0.05) is 17.2 Å². The summed E-state index contributed by atoms with van der Waals surface area (Å²) in [6, 6.07) is 10.2. The molecule has 3 rings (SSSR count). The minimum atomic E-state index is -0.428. The van der Waals surface area contributed by atoms with Crippen molar-refractivity contribution in [1.82, 2.24) is 0 Å². The van der Waals surface area contributed by atoms with E-state index < -0.39 is 4.92 Å². The number of carbonyl (C=O) groups is 1. The molecule has 2 aromatic rings. The molecule has 0 atom stereocenters. The van der Waals surface area contributed by atoms with Gasteiger partial charge in [0.25, 0.3) is 5.69 Å². The summed E-state index contributed by atoms with van der Waals surface area (Å²) in [4.78, 5) is 24.0. The first kappa shape index (κ1) is 22.7. The third-order valence-corrected chi connectivity index (χ3v) is 5.57. The number of carbonyl (C=O) groups excluding carboxylic acids is 1. The SMILES string of the molecule is CCCOc1c(Br)cc(/C=C2\CCC/C(=C\c3ccccc3[N+](=O)[O-])C2=O)cc1OC. The molecule has 7 heteroatoms. The number of nitro groups is 1. The van der Waals surface area contributed by atoms with E-state index in [1.165, 1.54) is 6.07 Å². The van der Waals surface area contributed by atoms with Crippen molar-refractivity contribution < 1.29 is 19.2 Å². The van der Waals surface area contributed by atoms with Crippen LogP contribution in [0.15, 0.2) is 52.0 Å². The van der Waals surface area contributed by atoms with Gasteiger partial charge in [-0.3, -0.25) is 14.9 Å². The molecule has 1 fully saturated rings. The van der Waals surface area contributed by atoms with Gasteiger partial charge >= 0.3 is 0 Å². The van der Waals surface area contributed by atoms with Crippen molar-refractivity contribution in [1.29, 1.82) is 0 Å². The van der Waals surface area contributed by atoms with E-state index in [2.05, 4.69) is 15.9 Å². The largest absolute Gasteiger partial charge is 0.493 e. The average Bonchev–Trinajstić information content (AvgIpc) is 2.75. The third-order valence-electron chi connectivity index (χ3n) is 4.98. The van der Waals surface area contributed by atoms with Gasteiger partial charge in [-0.25, -0.2) is 0 Å². The monoisotopic (exact) mass is 485 g/mol. The van der Waals surface area contributed by atoms with E-state index in [1.54, 1.807) is 31.4 Å². The zero-order valence-electron chi connectivity index (χ0n) is 17.5. The van der Waals surface area contributed by atoms with Gasteiger partial charge in [0.15, 0.2) is 17.3 Å². The molecule has 0 unspecified atom stereocenters. The maximum Gasteiger partial charge on any atom is 0.276 e. The summed E-state index contributed by atoms with van der Waals surface area (Å²) < 4.78 is 12.0. The quantitative estimate of drug-likeness (QED) is 0.258. The number of ether oxygens (including phenoxy) is 2. The van der Waals surface area contributed by atoms with Gasteiger partial charge in [0.05, 0.1) is 28.7 Å². The van der Waals surface area contributed by atoms with Gasteiger partial charge in [-0.2, -0.15) is 0 Å². The van der Waals surface area contributed by atoms with Crippen LogP contribution in [0.25, 0.3) is 12.2 Å². The lowest BCUT2D eigenvalue weighted by atomic mass is 9.86. The molecule has 6 nitrogen and oxygen atoms in total. The normalized spacial score (nSPS) is 16.5. The lowest BCUT2D eigenvalue weighted by Crippen LogP contribution is -2.12. The number of nitro benzene ring substituents is 1. The minimum Gasteiger partial charge on any atom is -0.493 e. The molecule has 1 aliphatic rings. The Morgan fingerprint density at radius 1 is 1.16 bits per heavy atom. The highest BCUT2D eigenvalue weighted by Gasteiger charge is 2.22. The molecule has 0 heterocycles. The van der Waals surface area contributed by atoms with Gasteiger partial charge in [-0.05, 0) is 77.5 Å². The highest BCUT2D eigenvalue weighted by Crippen LogP contribution is 2.38. The molecule has 0 aromatic heterocycles. The van der Waals surface area contributed by atoms with E-state index >= 15 is 0 Å². The van der Waals surface area contributed by atoms with E-state index in [1.807, 2.05) is 25.1 Å². The van der Waals surface area contributed by atoms with Crippen LogP contribution in [0.1, 0.15) is 43.7 Å². The number of hydrogen-bond acceptors (Lipinski definition) is 5. The van der Waals surface area contributed by atoms with Crippen molar-refractivity contribution in [3.05, 3.63) is 73.3 Å². The number of para-hydroxylation sites is 1. The molecule has 2 aromatic carbocycles. The molecule has 0 saturated heterocycles. The van der Waals surface area contributed by atoms with Gasteiger partial charge in [-0.1, -0.05) is 19.1 Å². The number of hydrogen-bond donors (Lipinski definition) is 0. The summed E-state index contributed by atoms with van der Waals surface area (Å²) in [5.41, 5.74) is 2.52. The number of nitrogens with zero attached hydrogens (tertiary/aromatic N) is 1. The number of benzene rings is 2.